The summed E-state index contributed by atoms with van der Waals surface area (Å²) in [5.41, 5.74) is 0. The molecule has 0 aromatic carbocycles. The van der Waals surface area contributed by atoms with E-state index in [-0.39, 0.29) is 0 Å². The van der Waals surface area contributed by atoms with E-state index >= 15 is 0 Å². The van der Waals surface area contributed by atoms with Gasteiger partial charge in [-0.05, 0) is 50.7 Å². The van der Waals surface area contributed by atoms with E-state index in [9.17, 15) is 0 Å². The van der Waals surface area contributed by atoms with Gasteiger partial charge in [0.15, 0.2) is 0 Å². The maximum atomic E-state index is 3.90. The van der Waals surface area contributed by atoms with Gasteiger partial charge in [0.25, 0.3) is 0 Å². The fourth-order valence-corrected chi connectivity index (χ4v) is 5.28. The minimum atomic E-state index is -1.08. The van der Waals surface area contributed by atoms with Gasteiger partial charge in [-0.2, -0.15) is 0 Å². The summed E-state index contributed by atoms with van der Waals surface area (Å²) in [6.45, 7) is 16.4. The lowest BCUT2D eigenvalue weighted by atomic mass is 10.4. The Bertz CT molecular complexity index is 146. The smallest absolute Gasteiger partial charge is 0.124 e. The predicted octanol–water partition coefficient (Wildman–Crippen LogP) is 3.31. The molecule has 0 aliphatic rings. The molecule has 0 heterocycles. The minimum Gasteiger partial charge on any atom is -0.337 e. The molecule has 0 saturated carbocycles. The lowest BCUT2D eigenvalue weighted by Crippen LogP contribution is -2.49. The third kappa shape index (κ3) is 5.46. The topological polar surface area (TPSA) is 15.3 Å². The lowest BCUT2D eigenvalue weighted by molar-refractivity contribution is 0.300. The zero-order chi connectivity index (χ0) is 12.4. The molecule has 0 fully saturated rings. The van der Waals surface area contributed by atoms with Crippen LogP contribution < -0.4 is 4.98 Å². The molecule has 0 spiro atoms. The van der Waals surface area contributed by atoms with Gasteiger partial charge in [0.1, 0.15) is 8.24 Å². The van der Waals surface area contributed by atoms with Gasteiger partial charge in [0, 0.05) is 0 Å². The van der Waals surface area contributed by atoms with E-state index in [4.69, 9.17) is 0 Å². The van der Waals surface area contributed by atoms with Crippen molar-refractivity contribution in [3.63, 3.8) is 0 Å². The summed E-state index contributed by atoms with van der Waals surface area (Å²) in [5, 5.41) is 0. The maximum Gasteiger partial charge on any atom is 0.124 e. The van der Waals surface area contributed by atoms with Gasteiger partial charge in [0.05, 0.1) is 0 Å². The third-order valence-corrected chi connectivity index (χ3v) is 9.14. The van der Waals surface area contributed by atoms with Gasteiger partial charge in [-0.1, -0.05) is 34.6 Å². The van der Waals surface area contributed by atoms with E-state index in [1.807, 2.05) is 0 Å². The Morgan fingerprint density at radius 1 is 0.875 bits per heavy atom. The van der Waals surface area contributed by atoms with E-state index in [1.165, 1.54) is 50.7 Å². The van der Waals surface area contributed by atoms with Crippen LogP contribution in [0.25, 0.3) is 0 Å². The van der Waals surface area contributed by atoms with Crippen molar-refractivity contribution in [1.29, 1.82) is 0 Å². The van der Waals surface area contributed by atoms with Crippen molar-refractivity contribution in [1.82, 2.24) is 9.88 Å². The normalized spacial score (nSPS) is 12.4. The molecule has 98 valence electrons. The SMILES string of the molecule is CCN(CC)CCCN[Si](CC)(CC)CC. The van der Waals surface area contributed by atoms with E-state index in [0.717, 1.165) is 0 Å². The van der Waals surface area contributed by atoms with Crippen LogP contribution in [0.2, 0.25) is 18.1 Å². The highest BCUT2D eigenvalue weighted by Gasteiger charge is 2.25. The van der Waals surface area contributed by atoms with Crippen molar-refractivity contribution >= 4 is 8.24 Å². The van der Waals surface area contributed by atoms with Crippen LogP contribution in [-0.2, 0) is 0 Å². The largest absolute Gasteiger partial charge is 0.337 e. The first kappa shape index (κ1) is 16.1. The molecule has 0 atom stereocenters. The van der Waals surface area contributed by atoms with Gasteiger partial charge in [-0.15, -0.1) is 0 Å². The minimum absolute atomic E-state index is 1.08. The Morgan fingerprint density at radius 2 is 1.38 bits per heavy atom. The van der Waals surface area contributed by atoms with Crippen molar-refractivity contribution in [2.75, 3.05) is 26.2 Å². The van der Waals surface area contributed by atoms with Crippen molar-refractivity contribution in [2.45, 2.75) is 59.2 Å². The van der Waals surface area contributed by atoms with Crippen LogP contribution in [-0.4, -0.2) is 39.3 Å². The second kappa shape index (κ2) is 9.20. The molecule has 0 aromatic heterocycles. The lowest BCUT2D eigenvalue weighted by Gasteiger charge is -2.29. The molecule has 0 saturated heterocycles. The van der Waals surface area contributed by atoms with Crippen LogP contribution in [0.15, 0.2) is 0 Å². The Morgan fingerprint density at radius 3 is 1.75 bits per heavy atom. The summed E-state index contributed by atoms with van der Waals surface area (Å²) >= 11 is 0. The Balaban J connectivity index is 3.78. The van der Waals surface area contributed by atoms with E-state index in [1.54, 1.807) is 0 Å². The molecule has 3 heteroatoms. The molecule has 2 nitrogen and oxygen atoms in total. The second-order valence-electron chi connectivity index (χ2n) is 4.65. The molecular formula is C13H32N2Si. The Hall–Kier alpha value is 0.137. The summed E-state index contributed by atoms with van der Waals surface area (Å²) in [5.74, 6) is 0. The van der Waals surface area contributed by atoms with Crippen LogP contribution >= 0.6 is 0 Å². The number of nitrogens with zero attached hydrogens (tertiary/aromatic N) is 1. The van der Waals surface area contributed by atoms with Crippen LogP contribution in [0.5, 0.6) is 0 Å². The average molecular weight is 244 g/mol. The highest BCUT2D eigenvalue weighted by molar-refractivity contribution is 6.77. The zero-order valence-corrected chi connectivity index (χ0v) is 13.1. The van der Waals surface area contributed by atoms with Crippen molar-refractivity contribution < 1.29 is 0 Å². The second-order valence-corrected chi connectivity index (χ2v) is 9.68. The fourth-order valence-electron chi connectivity index (χ4n) is 2.32. The molecule has 0 rings (SSSR count). The van der Waals surface area contributed by atoms with Crippen LogP contribution in [0, 0.1) is 0 Å². The first-order valence-corrected chi connectivity index (χ1v) is 9.77. The molecule has 16 heavy (non-hydrogen) atoms. The number of hydrogen-bond acceptors (Lipinski definition) is 2. The average Bonchev–Trinajstić information content (AvgIpc) is 2.35. The van der Waals surface area contributed by atoms with Gasteiger partial charge >= 0.3 is 0 Å². The van der Waals surface area contributed by atoms with Crippen molar-refractivity contribution in [3.8, 4) is 0 Å². The molecule has 0 aliphatic heterocycles. The third-order valence-electron chi connectivity index (χ3n) is 4.08. The summed E-state index contributed by atoms with van der Waals surface area (Å²) in [6, 6.07) is 4.14. The van der Waals surface area contributed by atoms with Crippen LogP contribution in [0.3, 0.4) is 0 Å². The highest BCUT2D eigenvalue weighted by atomic mass is 28.3. The summed E-state index contributed by atoms with van der Waals surface area (Å²) in [6.07, 6.45) is 1.30. The number of hydrogen-bond donors (Lipinski definition) is 1. The zero-order valence-electron chi connectivity index (χ0n) is 12.1. The van der Waals surface area contributed by atoms with Crippen LogP contribution in [0.1, 0.15) is 41.0 Å². The van der Waals surface area contributed by atoms with E-state index in [0.29, 0.717) is 0 Å². The molecule has 0 aliphatic carbocycles. The quantitative estimate of drug-likeness (QED) is 0.468. The van der Waals surface area contributed by atoms with E-state index in [2.05, 4.69) is 44.5 Å². The van der Waals surface area contributed by atoms with Crippen molar-refractivity contribution in [3.05, 3.63) is 0 Å². The molecule has 0 unspecified atom stereocenters. The molecule has 0 radical (unpaired) electrons. The molecule has 1 N–H and O–H groups in total. The Kier molecular flexibility index (Phi) is 9.28. The van der Waals surface area contributed by atoms with Gasteiger partial charge in [-0.3, -0.25) is 0 Å². The van der Waals surface area contributed by atoms with Gasteiger partial charge < -0.3 is 9.88 Å². The van der Waals surface area contributed by atoms with Gasteiger partial charge in [0.2, 0.25) is 0 Å². The molecule has 0 bridgehead atoms. The summed E-state index contributed by atoms with van der Waals surface area (Å²) < 4.78 is 0. The predicted molar refractivity (Wildman–Crippen MR) is 77.6 cm³/mol. The summed E-state index contributed by atoms with van der Waals surface area (Å²) in [7, 11) is -1.08. The van der Waals surface area contributed by atoms with E-state index < -0.39 is 8.24 Å². The van der Waals surface area contributed by atoms with Gasteiger partial charge in [-0.25, -0.2) is 0 Å². The van der Waals surface area contributed by atoms with Crippen molar-refractivity contribution in [2.24, 2.45) is 0 Å². The molecular weight excluding hydrogens is 212 g/mol. The first-order chi connectivity index (χ1) is 7.67. The Labute approximate surface area is 104 Å². The monoisotopic (exact) mass is 244 g/mol. The molecule has 0 amide bonds. The summed E-state index contributed by atoms with van der Waals surface area (Å²) in [4.78, 5) is 6.41. The highest BCUT2D eigenvalue weighted by Crippen LogP contribution is 2.16. The maximum absolute atomic E-state index is 3.90. The first-order valence-electron chi connectivity index (χ1n) is 7.15. The fraction of sp³-hybridized carbons (Fsp3) is 1.00. The number of nitrogens with one attached hydrogen (secondary N) is 1. The standard InChI is InChI=1S/C13H32N2Si/c1-6-15(7-2)13-11-12-14-16(8-3,9-4)10-5/h14H,6-13H2,1-5H3. The molecule has 0 aromatic rings. The van der Waals surface area contributed by atoms with Crippen LogP contribution in [0.4, 0.5) is 0 Å². The number of rotatable bonds is 10.